The van der Waals surface area contributed by atoms with Gasteiger partial charge in [0.15, 0.2) is 8.24 Å². The summed E-state index contributed by atoms with van der Waals surface area (Å²) in [7, 11) is 0.433. The molecule has 0 aromatic carbocycles. The fourth-order valence-corrected chi connectivity index (χ4v) is 1.88. The SMILES string of the molecule is CN(C(=O)N1CCNC1)[Si](C)(C)C. The molecule has 0 aromatic rings. The lowest BCUT2D eigenvalue weighted by Crippen LogP contribution is -2.52. The molecule has 0 saturated carbocycles. The van der Waals surface area contributed by atoms with Gasteiger partial charge in [-0.3, -0.25) is 5.32 Å². The van der Waals surface area contributed by atoms with Crippen LogP contribution in [0.2, 0.25) is 19.6 Å². The van der Waals surface area contributed by atoms with E-state index in [0.29, 0.717) is 6.67 Å². The van der Waals surface area contributed by atoms with E-state index in [1.165, 1.54) is 0 Å². The van der Waals surface area contributed by atoms with Gasteiger partial charge < -0.3 is 9.47 Å². The summed E-state index contributed by atoms with van der Waals surface area (Å²) in [4.78, 5) is 13.7. The molecule has 0 aromatic heterocycles. The summed E-state index contributed by atoms with van der Waals surface area (Å²) in [5.74, 6) is 0. The van der Waals surface area contributed by atoms with E-state index in [1.807, 2.05) is 16.5 Å². The average Bonchev–Trinajstić information content (AvgIpc) is 2.51. The predicted molar refractivity (Wildman–Crippen MR) is 56.1 cm³/mol. The molecule has 4 nitrogen and oxygen atoms in total. The van der Waals surface area contributed by atoms with Gasteiger partial charge in [-0.15, -0.1) is 0 Å². The molecule has 0 radical (unpaired) electrons. The molecule has 0 unspecified atom stereocenters. The van der Waals surface area contributed by atoms with E-state index < -0.39 is 8.24 Å². The number of carbonyl (C=O) groups excluding carboxylic acids is 1. The van der Waals surface area contributed by atoms with Gasteiger partial charge in [0.05, 0.1) is 6.67 Å². The Kier molecular flexibility index (Phi) is 2.97. The molecule has 1 heterocycles. The summed E-state index contributed by atoms with van der Waals surface area (Å²) in [5, 5.41) is 3.15. The number of rotatable bonds is 1. The number of hydrogen-bond donors (Lipinski definition) is 1. The van der Waals surface area contributed by atoms with Crippen LogP contribution in [0.25, 0.3) is 0 Å². The van der Waals surface area contributed by atoms with Crippen LogP contribution in [0.3, 0.4) is 0 Å². The molecule has 1 aliphatic rings. The van der Waals surface area contributed by atoms with Crippen LogP contribution >= 0.6 is 0 Å². The lowest BCUT2D eigenvalue weighted by atomic mass is 10.6. The van der Waals surface area contributed by atoms with Gasteiger partial charge in [-0.2, -0.15) is 0 Å². The molecule has 0 aliphatic carbocycles. The molecule has 13 heavy (non-hydrogen) atoms. The summed E-state index contributed by atoms with van der Waals surface area (Å²) < 4.78 is 1.92. The molecule has 0 bridgehead atoms. The van der Waals surface area contributed by atoms with E-state index in [2.05, 4.69) is 25.0 Å². The van der Waals surface area contributed by atoms with Crippen molar-refractivity contribution < 1.29 is 4.79 Å². The van der Waals surface area contributed by atoms with Crippen molar-refractivity contribution in [2.45, 2.75) is 19.6 Å². The first kappa shape index (κ1) is 10.5. The molecule has 0 atom stereocenters. The second-order valence-corrected chi connectivity index (χ2v) is 9.45. The third-order valence-electron chi connectivity index (χ3n) is 2.42. The van der Waals surface area contributed by atoms with E-state index in [0.717, 1.165) is 13.1 Å². The van der Waals surface area contributed by atoms with Crippen LogP contribution in [0, 0.1) is 0 Å². The van der Waals surface area contributed by atoms with Crippen molar-refractivity contribution in [3.63, 3.8) is 0 Å². The van der Waals surface area contributed by atoms with E-state index in [4.69, 9.17) is 0 Å². The van der Waals surface area contributed by atoms with Crippen molar-refractivity contribution in [3.8, 4) is 0 Å². The van der Waals surface area contributed by atoms with Crippen LogP contribution in [0.1, 0.15) is 0 Å². The molecule has 2 amide bonds. The fraction of sp³-hybridized carbons (Fsp3) is 0.875. The molecule has 5 heteroatoms. The maximum Gasteiger partial charge on any atom is 0.312 e. The standard InChI is InChI=1S/C8H19N3OSi/c1-10(13(2,3)4)8(12)11-6-5-9-7-11/h9H,5-7H2,1-4H3. The lowest BCUT2D eigenvalue weighted by molar-refractivity contribution is 0.192. The monoisotopic (exact) mass is 201 g/mol. The van der Waals surface area contributed by atoms with Gasteiger partial charge in [0.2, 0.25) is 0 Å². The van der Waals surface area contributed by atoms with E-state index in [1.54, 1.807) is 0 Å². The maximum atomic E-state index is 11.8. The average molecular weight is 201 g/mol. The highest BCUT2D eigenvalue weighted by Crippen LogP contribution is 2.10. The Morgan fingerprint density at radius 3 is 2.46 bits per heavy atom. The summed E-state index contributed by atoms with van der Waals surface area (Å²) in [5.41, 5.74) is 0. The maximum absolute atomic E-state index is 11.8. The Balaban J connectivity index is 2.56. The molecule has 1 saturated heterocycles. The van der Waals surface area contributed by atoms with E-state index in [9.17, 15) is 4.79 Å². The minimum absolute atomic E-state index is 0.171. The lowest BCUT2D eigenvalue weighted by Gasteiger charge is -2.33. The second kappa shape index (κ2) is 3.67. The van der Waals surface area contributed by atoms with Gasteiger partial charge in [-0.05, 0) is 0 Å². The summed E-state index contributed by atoms with van der Waals surface area (Å²) in [6, 6.07) is 0.171. The Bertz CT molecular complexity index is 196. The number of nitrogens with one attached hydrogen (secondary N) is 1. The molecular weight excluding hydrogens is 182 g/mol. The van der Waals surface area contributed by atoms with E-state index in [-0.39, 0.29) is 6.03 Å². The highest BCUT2D eigenvalue weighted by Gasteiger charge is 2.29. The normalized spacial score (nSPS) is 17.7. The largest absolute Gasteiger partial charge is 0.355 e. The fourth-order valence-electron chi connectivity index (χ4n) is 1.17. The van der Waals surface area contributed by atoms with Crippen LogP contribution in [-0.4, -0.2) is 50.5 Å². The third kappa shape index (κ3) is 2.44. The highest BCUT2D eigenvalue weighted by atomic mass is 28.3. The van der Waals surface area contributed by atoms with Crippen molar-refractivity contribution in [2.75, 3.05) is 26.8 Å². The predicted octanol–water partition coefficient (Wildman–Crippen LogP) is 0.736. The number of amides is 2. The number of urea groups is 1. The zero-order valence-corrected chi connectivity index (χ0v) is 9.92. The van der Waals surface area contributed by atoms with Gasteiger partial charge in [0.25, 0.3) is 0 Å². The Hall–Kier alpha value is -0.553. The molecule has 1 N–H and O–H groups in total. The minimum atomic E-state index is -1.48. The molecule has 1 fully saturated rings. The van der Waals surface area contributed by atoms with Gasteiger partial charge in [-0.1, -0.05) is 19.6 Å². The van der Waals surface area contributed by atoms with Crippen molar-refractivity contribution in [2.24, 2.45) is 0 Å². The van der Waals surface area contributed by atoms with Crippen molar-refractivity contribution in [3.05, 3.63) is 0 Å². The van der Waals surface area contributed by atoms with E-state index >= 15 is 0 Å². The molecule has 0 spiro atoms. The van der Waals surface area contributed by atoms with Gasteiger partial charge in [-0.25, -0.2) is 4.79 Å². The second-order valence-electron chi connectivity index (χ2n) is 4.43. The molecular formula is C8H19N3OSi. The van der Waals surface area contributed by atoms with Crippen molar-refractivity contribution in [1.82, 2.24) is 14.8 Å². The van der Waals surface area contributed by atoms with Crippen molar-refractivity contribution in [1.29, 1.82) is 0 Å². The number of hydrogen-bond acceptors (Lipinski definition) is 2. The summed E-state index contributed by atoms with van der Waals surface area (Å²) in [6.45, 7) is 8.99. The summed E-state index contributed by atoms with van der Waals surface area (Å²) >= 11 is 0. The molecule has 1 aliphatic heterocycles. The number of carbonyl (C=O) groups is 1. The van der Waals surface area contributed by atoms with Crippen molar-refractivity contribution >= 4 is 14.3 Å². The number of nitrogens with zero attached hydrogens (tertiary/aromatic N) is 2. The topological polar surface area (TPSA) is 35.6 Å². The van der Waals surface area contributed by atoms with Gasteiger partial charge in [0.1, 0.15) is 0 Å². The molecule has 1 rings (SSSR count). The zero-order valence-electron chi connectivity index (χ0n) is 8.92. The smallest absolute Gasteiger partial charge is 0.312 e. The zero-order chi connectivity index (χ0) is 10.1. The third-order valence-corrected chi connectivity index (χ3v) is 4.63. The van der Waals surface area contributed by atoms with Crippen LogP contribution in [0.4, 0.5) is 4.79 Å². The Morgan fingerprint density at radius 2 is 2.08 bits per heavy atom. The van der Waals surface area contributed by atoms with Crippen LogP contribution in [0.5, 0.6) is 0 Å². The Labute approximate surface area is 81.0 Å². The first-order valence-electron chi connectivity index (χ1n) is 4.66. The highest BCUT2D eigenvalue weighted by molar-refractivity contribution is 6.75. The van der Waals surface area contributed by atoms with Gasteiger partial charge >= 0.3 is 6.03 Å². The first-order valence-corrected chi connectivity index (χ1v) is 8.11. The minimum Gasteiger partial charge on any atom is -0.355 e. The first-order chi connectivity index (χ1) is 5.93. The summed E-state index contributed by atoms with van der Waals surface area (Å²) in [6.07, 6.45) is 0. The van der Waals surface area contributed by atoms with Crippen LogP contribution < -0.4 is 5.32 Å². The van der Waals surface area contributed by atoms with Gasteiger partial charge in [0, 0.05) is 20.1 Å². The quantitative estimate of drug-likeness (QED) is 0.635. The van der Waals surface area contributed by atoms with Crippen LogP contribution in [-0.2, 0) is 0 Å². The Morgan fingerprint density at radius 1 is 1.46 bits per heavy atom. The van der Waals surface area contributed by atoms with Crippen LogP contribution in [0.15, 0.2) is 0 Å². The molecule has 76 valence electrons.